The van der Waals surface area contributed by atoms with Crippen molar-refractivity contribution in [3.63, 3.8) is 0 Å². The topological polar surface area (TPSA) is 17.8 Å². The zero-order chi connectivity index (χ0) is 12.1. The molecule has 1 heterocycles. The summed E-state index contributed by atoms with van der Waals surface area (Å²) in [4.78, 5) is 4.11. The molecule has 0 radical (unpaired) electrons. The minimum Gasteiger partial charge on any atom is -0.331 e. The molecule has 0 fully saturated rings. The van der Waals surface area contributed by atoms with E-state index in [2.05, 4.69) is 4.98 Å². The third-order valence-corrected chi connectivity index (χ3v) is 2.81. The van der Waals surface area contributed by atoms with Crippen LogP contribution in [0.3, 0.4) is 0 Å². The van der Waals surface area contributed by atoms with Crippen molar-refractivity contribution in [3.8, 4) is 0 Å². The number of aromatic nitrogens is 2. The normalized spacial score (nSPS) is 12.4. The van der Waals surface area contributed by atoms with Crippen LogP contribution in [0, 0.1) is 6.92 Å². The predicted molar refractivity (Wildman–Crippen MR) is 55.5 cm³/mol. The van der Waals surface area contributed by atoms with Crippen LogP contribution in [-0.2, 0) is 13.2 Å². The molecule has 0 aliphatic heterocycles. The van der Waals surface area contributed by atoms with Crippen molar-refractivity contribution in [2.75, 3.05) is 0 Å². The summed E-state index contributed by atoms with van der Waals surface area (Å²) in [6.07, 6.45) is -4.44. The summed E-state index contributed by atoms with van der Waals surface area (Å²) in [5.74, 6) is 0.644. The summed E-state index contributed by atoms with van der Waals surface area (Å²) in [5, 5.41) is -0.321. The Morgan fingerprint density at radius 2 is 1.94 bits per heavy atom. The molecule has 2 nitrogen and oxygen atoms in total. The van der Waals surface area contributed by atoms with Crippen LogP contribution in [-0.4, -0.2) is 9.55 Å². The second-order valence-corrected chi connectivity index (χ2v) is 3.94. The number of imidazole rings is 1. The molecule has 2 aromatic rings. The second kappa shape index (κ2) is 3.38. The lowest BCUT2D eigenvalue weighted by Crippen LogP contribution is -2.06. The first-order valence-electron chi connectivity index (χ1n) is 4.50. The van der Waals surface area contributed by atoms with Crippen LogP contribution in [0.2, 0.25) is 5.02 Å². The molecule has 0 atom stereocenters. The molecule has 0 bridgehead atoms. The molecule has 0 unspecified atom stereocenters. The fraction of sp³-hybridized carbons (Fsp3) is 0.300. The lowest BCUT2D eigenvalue weighted by atomic mass is 10.2. The van der Waals surface area contributed by atoms with Crippen LogP contribution >= 0.6 is 11.6 Å². The molecule has 0 spiro atoms. The standard InChI is InChI=1S/C10H8ClF3N2/c1-5-15-8-4-7(11)6(10(12,13)14)3-9(8)16(5)2/h3-4H,1-2H3. The molecule has 1 aromatic heterocycles. The number of rotatable bonds is 0. The first-order valence-corrected chi connectivity index (χ1v) is 4.88. The van der Waals surface area contributed by atoms with Gasteiger partial charge in [0, 0.05) is 7.05 Å². The number of hydrogen-bond acceptors (Lipinski definition) is 1. The van der Waals surface area contributed by atoms with Gasteiger partial charge in [0.2, 0.25) is 0 Å². The second-order valence-electron chi connectivity index (χ2n) is 3.54. The highest BCUT2D eigenvalue weighted by molar-refractivity contribution is 6.32. The molecule has 0 N–H and O–H groups in total. The Bertz CT molecular complexity index is 557. The van der Waals surface area contributed by atoms with Crippen molar-refractivity contribution >= 4 is 22.6 Å². The highest BCUT2D eigenvalue weighted by Crippen LogP contribution is 2.36. The highest BCUT2D eigenvalue weighted by Gasteiger charge is 2.33. The lowest BCUT2D eigenvalue weighted by Gasteiger charge is -2.09. The fourth-order valence-corrected chi connectivity index (χ4v) is 1.82. The third kappa shape index (κ3) is 1.65. The van der Waals surface area contributed by atoms with Gasteiger partial charge in [-0.3, -0.25) is 0 Å². The van der Waals surface area contributed by atoms with Gasteiger partial charge in [-0.1, -0.05) is 11.6 Å². The highest BCUT2D eigenvalue weighted by atomic mass is 35.5. The van der Waals surface area contributed by atoms with Crippen molar-refractivity contribution in [2.45, 2.75) is 13.1 Å². The molecule has 6 heteroatoms. The molecular formula is C10H8ClF3N2. The quantitative estimate of drug-likeness (QED) is 0.697. The zero-order valence-corrected chi connectivity index (χ0v) is 9.32. The van der Waals surface area contributed by atoms with E-state index in [1.54, 1.807) is 18.5 Å². The van der Waals surface area contributed by atoms with Crippen LogP contribution in [0.15, 0.2) is 12.1 Å². The van der Waals surface area contributed by atoms with Crippen LogP contribution in [0.1, 0.15) is 11.4 Å². The molecule has 86 valence electrons. The molecule has 0 amide bonds. The Labute approximate surface area is 94.6 Å². The Kier molecular flexibility index (Phi) is 2.38. The summed E-state index contributed by atoms with van der Waals surface area (Å²) in [6, 6.07) is 2.27. The van der Waals surface area contributed by atoms with E-state index in [1.165, 1.54) is 6.07 Å². The Balaban J connectivity index is 2.79. The van der Waals surface area contributed by atoms with Gasteiger partial charge < -0.3 is 4.57 Å². The summed E-state index contributed by atoms with van der Waals surface area (Å²) in [7, 11) is 1.67. The Morgan fingerprint density at radius 3 is 2.50 bits per heavy atom. The van der Waals surface area contributed by atoms with Crippen LogP contribution in [0.4, 0.5) is 13.2 Å². The molecule has 0 aliphatic rings. The molecule has 0 aliphatic carbocycles. The predicted octanol–water partition coefficient (Wildman–Crippen LogP) is 3.55. The molecule has 16 heavy (non-hydrogen) atoms. The van der Waals surface area contributed by atoms with E-state index in [9.17, 15) is 13.2 Å². The number of nitrogens with zero attached hydrogens (tertiary/aromatic N) is 2. The summed E-state index contributed by atoms with van der Waals surface area (Å²) in [5.41, 5.74) is 0.0666. The zero-order valence-electron chi connectivity index (χ0n) is 8.56. The number of fused-ring (bicyclic) bond motifs is 1. The van der Waals surface area contributed by atoms with Crippen LogP contribution < -0.4 is 0 Å². The average molecular weight is 249 g/mol. The monoisotopic (exact) mass is 248 g/mol. The van der Waals surface area contributed by atoms with Crippen molar-refractivity contribution in [1.29, 1.82) is 0 Å². The fourth-order valence-electron chi connectivity index (χ4n) is 1.55. The smallest absolute Gasteiger partial charge is 0.331 e. The van der Waals surface area contributed by atoms with Gasteiger partial charge in [-0.2, -0.15) is 13.2 Å². The SMILES string of the molecule is Cc1nc2cc(Cl)c(C(F)(F)F)cc2n1C. The Morgan fingerprint density at radius 1 is 1.31 bits per heavy atom. The van der Waals surface area contributed by atoms with Gasteiger partial charge in [-0.15, -0.1) is 0 Å². The first kappa shape index (κ1) is 11.3. The van der Waals surface area contributed by atoms with Crippen molar-refractivity contribution in [2.24, 2.45) is 7.05 Å². The van der Waals surface area contributed by atoms with E-state index in [4.69, 9.17) is 11.6 Å². The average Bonchev–Trinajstić information content (AvgIpc) is 2.39. The summed E-state index contributed by atoms with van der Waals surface area (Å²) in [6.45, 7) is 1.72. The Hall–Kier alpha value is -1.23. The number of hydrogen-bond donors (Lipinski definition) is 0. The summed E-state index contributed by atoms with van der Waals surface area (Å²) >= 11 is 5.58. The van der Waals surface area contributed by atoms with E-state index >= 15 is 0 Å². The maximum atomic E-state index is 12.6. The first-order chi connectivity index (χ1) is 7.30. The van der Waals surface area contributed by atoms with Crippen molar-refractivity contribution < 1.29 is 13.2 Å². The van der Waals surface area contributed by atoms with Gasteiger partial charge in [0.25, 0.3) is 0 Å². The van der Waals surface area contributed by atoms with Gasteiger partial charge in [-0.25, -0.2) is 4.98 Å². The minimum absolute atomic E-state index is 0.321. The van der Waals surface area contributed by atoms with E-state index in [1.807, 2.05) is 0 Å². The van der Waals surface area contributed by atoms with Crippen LogP contribution in [0.25, 0.3) is 11.0 Å². The number of benzene rings is 1. The number of aryl methyl sites for hydroxylation is 2. The molecular weight excluding hydrogens is 241 g/mol. The van der Waals surface area contributed by atoms with Gasteiger partial charge in [0.15, 0.2) is 0 Å². The molecule has 1 aromatic carbocycles. The maximum Gasteiger partial charge on any atom is 0.417 e. The van der Waals surface area contributed by atoms with E-state index in [0.717, 1.165) is 6.07 Å². The summed E-state index contributed by atoms with van der Waals surface area (Å²) < 4.78 is 39.4. The van der Waals surface area contributed by atoms with Gasteiger partial charge in [-0.05, 0) is 19.1 Å². The third-order valence-electron chi connectivity index (χ3n) is 2.50. The minimum atomic E-state index is -4.44. The maximum absolute atomic E-state index is 12.6. The lowest BCUT2D eigenvalue weighted by molar-refractivity contribution is -0.137. The van der Waals surface area contributed by atoms with E-state index in [0.29, 0.717) is 16.9 Å². The van der Waals surface area contributed by atoms with Gasteiger partial charge in [0.1, 0.15) is 5.82 Å². The van der Waals surface area contributed by atoms with Crippen molar-refractivity contribution in [3.05, 3.63) is 28.5 Å². The van der Waals surface area contributed by atoms with Gasteiger partial charge >= 0.3 is 6.18 Å². The van der Waals surface area contributed by atoms with Crippen molar-refractivity contribution in [1.82, 2.24) is 9.55 Å². The van der Waals surface area contributed by atoms with E-state index < -0.39 is 11.7 Å². The molecule has 0 saturated heterocycles. The van der Waals surface area contributed by atoms with Crippen LogP contribution in [0.5, 0.6) is 0 Å². The number of halogens is 4. The van der Waals surface area contributed by atoms with E-state index in [-0.39, 0.29) is 5.02 Å². The molecule has 2 rings (SSSR count). The molecule has 0 saturated carbocycles. The van der Waals surface area contributed by atoms with Gasteiger partial charge in [0.05, 0.1) is 21.6 Å². The largest absolute Gasteiger partial charge is 0.417 e. The number of alkyl halides is 3.